The molecule has 76 valence electrons. The Bertz CT molecular complexity index is 356. The third kappa shape index (κ3) is 2.34. The van der Waals surface area contributed by atoms with Gasteiger partial charge in [0.1, 0.15) is 5.82 Å². The lowest BCUT2D eigenvalue weighted by atomic mass is 10.2. The van der Waals surface area contributed by atoms with Gasteiger partial charge >= 0.3 is 0 Å². The van der Waals surface area contributed by atoms with Gasteiger partial charge in [-0.1, -0.05) is 26.5 Å². The average Bonchev–Trinajstić information content (AvgIpc) is 2.48. The minimum atomic E-state index is 0.444. The van der Waals surface area contributed by atoms with E-state index in [2.05, 4.69) is 30.4 Å². The van der Waals surface area contributed by atoms with Gasteiger partial charge in [-0.25, -0.2) is 4.98 Å². The molecule has 0 unspecified atom stereocenters. The van der Waals surface area contributed by atoms with Crippen LogP contribution >= 0.6 is 0 Å². The fourth-order valence-corrected chi connectivity index (χ4v) is 1.19. The van der Waals surface area contributed by atoms with E-state index < -0.39 is 0 Å². The van der Waals surface area contributed by atoms with Crippen LogP contribution in [0.5, 0.6) is 0 Å². The maximum absolute atomic E-state index is 4.52. The Hall–Kier alpha value is -1.31. The van der Waals surface area contributed by atoms with Gasteiger partial charge in [0.2, 0.25) is 0 Å². The summed E-state index contributed by atoms with van der Waals surface area (Å²) in [5, 5.41) is 0. The highest BCUT2D eigenvalue weighted by molar-refractivity contribution is 5.53. The molecule has 0 radical (unpaired) electrons. The van der Waals surface area contributed by atoms with E-state index >= 15 is 0 Å². The molecule has 2 nitrogen and oxygen atoms in total. The smallest absolute Gasteiger partial charge is 0.109 e. The molecule has 1 rings (SSSR count). The van der Waals surface area contributed by atoms with Gasteiger partial charge in [-0.3, -0.25) is 0 Å². The highest BCUT2D eigenvalue weighted by Gasteiger charge is 2.06. The van der Waals surface area contributed by atoms with Gasteiger partial charge in [0.05, 0.1) is 5.69 Å². The topological polar surface area (TPSA) is 28.7 Å². The molecule has 0 amide bonds. The zero-order valence-electron chi connectivity index (χ0n) is 9.39. The summed E-state index contributed by atoms with van der Waals surface area (Å²) < 4.78 is 0. The third-order valence-corrected chi connectivity index (χ3v) is 2.17. The SMILES string of the molecule is C=C/C(C)=C\c1nc(C(C)C)[nH]c1C. The molecule has 0 saturated heterocycles. The molecule has 0 fully saturated rings. The molecule has 0 saturated carbocycles. The number of hydrogen-bond donors (Lipinski definition) is 1. The fraction of sp³-hybridized carbons (Fsp3) is 0.417. The number of hydrogen-bond acceptors (Lipinski definition) is 1. The van der Waals surface area contributed by atoms with Crippen molar-refractivity contribution in [2.45, 2.75) is 33.6 Å². The van der Waals surface area contributed by atoms with Crippen LogP contribution in [-0.2, 0) is 0 Å². The van der Waals surface area contributed by atoms with Crippen molar-refractivity contribution in [3.63, 3.8) is 0 Å². The van der Waals surface area contributed by atoms with Crippen molar-refractivity contribution < 1.29 is 0 Å². The van der Waals surface area contributed by atoms with Crippen molar-refractivity contribution in [2.75, 3.05) is 0 Å². The minimum Gasteiger partial charge on any atom is -0.345 e. The summed E-state index contributed by atoms with van der Waals surface area (Å²) in [7, 11) is 0. The van der Waals surface area contributed by atoms with Gasteiger partial charge in [-0.2, -0.15) is 0 Å². The van der Waals surface area contributed by atoms with E-state index in [4.69, 9.17) is 0 Å². The van der Waals surface area contributed by atoms with Gasteiger partial charge in [0.25, 0.3) is 0 Å². The molecule has 0 aromatic carbocycles. The van der Waals surface area contributed by atoms with Crippen LogP contribution in [0, 0.1) is 6.92 Å². The second-order valence-electron chi connectivity index (χ2n) is 3.88. The first-order chi connectivity index (χ1) is 6.54. The minimum absolute atomic E-state index is 0.444. The number of nitrogens with zero attached hydrogens (tertiary/aromatic N) is 1. The molecular formula is C12H18N2. The Labute approximate surface area is 85.8 Å². The number of aromatic amines is 1. The summed E-state index contributed by atoms with van der Waals surface area (Å²) in [5.41, 5.74) is 3.27. The molecule has 0 bridgehead atoms. The number of allylic oxidation sites excluding steroid dienone is 2. The lowest BCUT2D eigenvalue weighted by Gasteiger charge is -1.96. The number of aromatic nitrogens is 2. The lowest BCUT2D eigenvalue weighted by Crippen LogP contribution is -1.89. The Morgan fingerprint density at radius 2 is 2.14 bits per heavy atom. The molecular weight excluding hydrogens is 172 g/mol. The van der Waals surface area contributed by atoms with Crippen molar-refractivity contribution in [1.29, 1.82) is 0 Å². The largest absolute Gasteiger partial charge is 0.345 e. The Morgan fingerprint density at radius 3 is 2.57 bits per heavy atom. The highest BCUT2D eigenvalue weighted by atomic mass is 14.9. The Morgan fingerprint density at radius 1 is 1.50 bits per heavy atom. The van der Waals surface area contributed by atoms with E-state index in [0.29, 0.717) is 5.92 Å². The van der Waals surface area contributed by atoms with Crippen LogP contribution in [0.15, 0.2) is 18.2 Å². The quantitative estimate of drug-likeness (QED) is 0.727. The van der Waals surface area contributed by atoms with E-state index in [1.54, 1.807) is 0 Å². The summed E-state index contributed by atoms with van der Waals surface area (Å²) in [6, 6.07) is 0. The van der Waals surface area contributed by atoms with Crippen molar-refractivity contribution in [3.8, 4) is 0 Å². The standard InChI is InChI=1S/C12H18N2/c1-6-9(4)7-11-10(5)13-12(14-11)8(2)3/h6-8H,1H2,2-5H3,(H,13,14)/b9-7-. The number of rotatable bonds is 3. The Kier molecular flexibility index (Phi) is 3.28. The number of aryl methyl sites for hydroxylation is 1. The zero-order valence-corrected chi connectivity index (χ0v) is 9.39. The first kappa shape index (κ1) is 10.8. The van der Waals surface area contributed by atoms with Crippen molar-refractivity contribution >= 4 is 6.08 Å². The monoisotopic (exact) mass is 190 g/mol. The van der Waals surface area contributed by atoms with Crippen LogP contribution in [-0.4, -0.2) is 9.97 Å². The van der Waals surface area contributed by atoms with Crippen LogP contribution in [0.1, 0.15) is 43.9 Å². The first-order valence-corrected chi connectivity index (χ1v) is 4.91. The van der Waals surface area contributed by atoms with Crippen LogP contribution in [0.25, 0.3) is 6.08 Å². The summed E-state index contributed by atoms with van der Waals surface area (Å²) in [5.74, 6) is 1.49. The third-order valence-electron chi connectivity index (χ3n) is 2.17. The molecule has 1 aromatic rings. The van der Waals surface area contributed by atoms with E-state index in [9.17, 15) is 0 Å². The van der Waals surface area contributed by atoms with Crippen molar-refractivity contribution in [1.82, 2.24) is 9.97 Å². The van der Waals surface area contributed by atoms with E-state index in [1.807, 2.05) is 26.0 Å². The highest BCUT2D eigenvalue weighted by Crippen LogP contribution is 2.15. The van der Waals surface area contributed by atoms with E-state index in [1.165, 1.54) is 0 Å². The number of imidazole rings is 1. The molecule has 0 spiro atoms. The molecule has 1 N–H and O–H groups in total. The Balaban J connectivity index is 3.04. The van der Waals surface area contributed by atoms with Crippen LogP contribution < -0.4 is 0 Å². The predicted molar refractivity (Wildman–Crippen MR) is 61.3 cm³/mol. The number of H-pyrrole nitrogens is 1. The molecule has 0 aliphatic carbocycles. The summed E-state index contributed by atoms with van der Waals surface area (Å²) in [4.78, 5) is 7.80. The molecule has 1 heterocycles. The molecule has 2 heteroatoms. The fourth-order valence-electron chi connectivity index (χ4n) is 1.19. The lowest BCUT2D eigenvalue weighted by molar-refractivity contribution is 0.791. The van der Waals surface area contributed by atoms with Gasteiger partial charge < -0.3 is 4.98 Å². The molecule has 0 atom stereocenters. The second kappa shape index (κ2) is 4.27. The molecule has 1 aromatic heterocycles. The maximum Gasteiger partial charge on any atom is 0.109 e. The van der Waals surface area contributed by atoms with Crippen LogP contribution in [0.4, 0.5) is 0 Å². The van der Waals surface area contributed by atoms with E-state index in [0.717, 1.165) is 22.8 Å². The van der Waals surface area contributed by atoms with Gasteiger partial charge in [-0.05, 0) is 25.5 Å². The first-order valence-electron chi connectivity index (χ1n) is 4.91. The average molecular weight is 190 g/mol. The van der Waals surface area contributed by atoms with Gasteiger partial charge in [0.15, 0.2) is 0 Å². The van der Waals surface area contributed by atoms with Gasteiger partial charge in [-0.15, -0.1) is 0 Å². The predicted octanol–water partition coefficient (Wildman–Crippen LogP) is 3.43. The second-order valence-corrected chi connectivity index (χ2v) is 3.88. The zero-order chi connectivity index (χ0) is 10.7. The van der Waals surface area contributed by atoms with Crippen molar-refractivity contribution in [3.05, 3.63) is 35.4 Å². The molecule has 14 heavy (non-hydrogen) atoms. The normalized spacial score (nSPS) is 12.2. The molecule has 0 aliphatic rings. The van der Waals surface area contributed by atoms with E-state index in [-0.39, 0.29) is 0 Å². The summed E-state index contributed by atoms with van der Waals surface area (Å²) >= 11 is 0. The summed E-state index contributed by atoms with van der Waals surface area (Å²) in [6.45, 7) is 12.1. The van der Waals surface area contributed by atoms with Crippen molar-refractivity contribution in [2.24, 2.45) is 0 Å². The number of nitrogens with one attached hydrogen (secondary N) is 1. The summed E-state index contributed by atoms with van der Waals surface area (Å²) in [6.07, 6.45) is 3.88. The van der Waals surface area contributed by atoms with Gasteiger partial charge in [0, 0.05) is 11.6 Å². The maximum atomic E-state index is 4.52. The molecule has 0 aliphatic heterocycles. The van der Waals surface area contributed by atoms with Crippen LogP contribution in [0.2, 0.25) is 0 Å². The van der Waals surface area contributed by atoms with Crippen LogP contribution in [0.3, 0.4) is 0 Å².